The van der Waals surface area contributed by atoms with E-state index in [2.05, 4.69) is 6.92 Å². The zero-order chi connectivity index (χ0) is 23.5. The van der Waals surface area contributed by atoms with Crippen LogP contribution in [0.2, 0.25) is 5.02 Å². The smallest absolute Gasteiger partial charge is 0.410 e. The molecule has 1 aromatic heterocycles. The lowest BCUT2D eigenvalue weighted by molar-refractivity contribution is -0.140. The van der Waals surface area contributed by atoms with Crippen LogP contribution in [0.3, 0.4) is 0 Å². The second kappa shape index (κ2) is 9.94. The van der Waals surface area contributed by atoms with Gasteiger partial charge in [0, 0.05) is 30.6 Å². The second-order valence-corrected chi connectivity index (χ2v) is 9.54. The van der Waals surface area contributed by atoms with Gasteiger partial charge in [0.25, 0.3) is 0 Å². The molecule has 1 fully saturated rings. The van der Waals surface area contributed by atoms with Gasteiger partial charge in [-0.25, -0.2) is 9.59 Å². The maximum Gasteiger partial charge on any atom is 0.410 e. The number of ether oxygens (including phenoxy) is 2. The summed E-state index contributed by atoms with van der Waals surface area (Å²) in [6.45, 7) is 8.35. The Morgan fingerprint density at radius 2 is 1.88 bits per heavy atom. The van der Waals surface area contributed by atoms with Crippen LogP contribution in [0.1, 0.15) is 58.9 Å². The fourth-order valence-electron chi connectivity index (χ4n) is 3.70. The molecular weight excluding hydrogens is 434 g/mol. The number of piperidine rings is 1. The fourth-order valence-corrected chi connectivity index (χ4v) is 3.90. The van der Waals surface area contributed by atoms with Crippen LogP contribution in [0.4, 0.5) is 4.79 Å². The number of benzene rings is 1. The maximum absolute atomic E-state index is 12.7. The zero-order valence-corrected chi connectivity index (χ0v) is 19.8. The lowest BCUT2D eigenvalue weighted by atomic mass is 9.97. The molecule has 8 heteroatoms. The number of nitrogens with zero attached hydrogens (tertiary/aromatic N) is 1. The first-order valence-electron chi connectivity index (χ1n) is 11.0. The van der Waals surface area contributed by atoms with E-state index in [1.54, 1.807) is 11.0 Å². The molecule has 32 heavy (non-hydrogen) atoms. The monoisotopic (exact) mass is 463 g/mol. The van der Waals surface area contributed by atoms with E-state index >= 15 is 0 Å². The highest BCUT2D eigenvalue weighted by atomic mass is 35.5. The summed E-state index contributed by atoms with van der Waals surface area (Å²) in [6, 6.07) is 4.67. The highest BCUT2D eigenvalue weighted by Crippen LogP contribution is 2.33. The number of unbranched alkanes of at least 4 members (excludes halogenated alkanes) is 1. The Morgan fingerprint density at radius 1 is 1.19 bits per heavy atom. The van der Waals surface area contributed by atoms with Crippen LogP contribution >= 0.6 is 11.6 Å². The SMILES string of the molecule is CCCCc1cc(=O)oc2cc(OC(=O)C3CCN(C(=O)OC(C)(C)C)CC3)c(Cl)cc12. The molecule has 2 aromatic rings. The molecule has 3 rings (SSSR count). The predicted octanol–water partition coefficient (Wildman–Crippen LogP) is 5.34. The van der Waals surface area contributed by atoms with Crippen molar-refractivity contribution in [2.24, 2.45) is 5.92 Å². The van der Waals surface area contributed by atoms with Crippen LogP contribution < -0.4 is 10.4 Å². The van der Waals surface area contributed by atoms with E-state index in [4.69, 9.17) is 25.5 Å². The first-order chi connectivity index (χ1) is 15.1. The Morgan fingerprint density at radius 3 is 2.50 bits per heavy atom. The minimum atomic E-state index is -0.564. The third-order valence-electron chi connectivity index (χ3n) is 5.37. The highest BCUT2D eigenvalue weighted by molar-refractivity contribution is 6.33. The number of hydrogen-bond donors (Lipinski definition) is 0. The molecule has 0 unspecified atom stereocenters. The first kappa shape index (κ1) is 24.1. The molecule has 1 amide bonds. The summed E-state index contributed by atoms with van der Waals surface area (Å²) in [5, 5.41) is 1.03. The predicted molar refractivity (Wildman–Crippen MR) is 122 cm³/mol. The lowest BCUT2D eigenvalue weighted by Gasteiger charge is -2.32. The van der Waals surface area contributed by atoms with Gasteiger partial charge in [0.1, 0.15) is 11.2 Å². The molecule has 1 aromatic carbocycles. The van der Waals surface area contributed by atoms with Crippen LogP contribution in [0.25, 0.3) is 11.0 Å². The minimum Gasteiger partial charge on any atom is -0.444 e. The number of carbonyl (C=O) groups excluding carboxylic acids is 2. The number of aryl methyl sites for hydroxylation is 1. The van der Waals surface area contributed by atoms with Gasteiger partial charge in [0.15, 0.2) is 5.75 Å². The fraction of sp³-hybridized carbons (Fsp3) is 0.542. The Labute approximate surface area is 192 Å². The number of amides is 1. The van der Waals surface area contributed by atoms with E-state index in [1.165, 1.54) is 12.1 Å². The molecule has 0 atom stereocenters. The average Bonchev–Trinajstić information content (AvgIpc) is 2.72. The minimum absolute atomic E-state index is 0.162. The number of hydrogen-bond acceptors (Lipinski definition) is 6. The Bertz CT molecular complexity index is 1050. The number of carbonyl (C=O) groups is 2. The number of likely N-dealkylation sites (tertiary alicyclic amines) is 1. The van der Waals surface area contributed by atoms with Crippen LogP contribution in [-0.2, 0) is 16.0 Å². The van der Waals surface area contributed by atoms with Gasteiger partial charge in [0.2, 0.25) is 0 Å². The van der Waals surface area contributed by atoms with E-state index in [0.29, 0.717) is 31.5 Å². The molecule has 174 valence electrons. The zero-order valence-electron chi connectivity index (χ0n) is 19.0. The normalized spacial score (nSPS) is 15.1. The summed E-state index contributed by atoms with van der Waals surface area (Å²) in [4.78, 5) is 38.5. The number of halogens is 1. The van der Waals surface area contributed by atoms with Crippen molar-refractivity contribution in [2.45, 2.75) is 65.4 Å². The third kappa shape index (κ3) is 6.03. The molecule has 1 aliphatic heterocycles. The van der Waals surface area contributed by atoms with Gasteiger partial charge in [-0.3, -0.25) is 4.79 Å². The molecule has 0 N–H and O–H groups in total. The van der Waals surface area contributed by atoms with Crippen molar-refractivity contribution in [1.82, 2.24) is 4.90 Å². The number of rotatable bonds is 5. The van der Waals surface area contributed by atoms with Crippen molar-refractivity contribution in [3.8, 4) is 5.75 Å². The second-order valence-electron chi connectivity index (χ2n) is 9.14. The Balaban J connectivity index is 1.69. The van der Waals surface area contributed by atoms with E-state index in [9.17, 15) is 14.4 Å². The van der Waals surface area contributed by atoms with Crippen molar-refractivity contribution in [3.05, 3.63) is 39.2 Å². The number of fused-ring (bicyclic) bond motifs is 1. The van der Waals surface area contributed by atoms with E-state index in [1.807, 2.05) is 20.8 Å². The van der Waals surface area contributed by atoms with E-state index < -0.39 is 17.2 Å². The Kier molecular flexibility index (Phi) is 7.49. The van der Waals surface area contributed by atoms with Crippen LogP contribution in [-0.4, -0.2) is 35.7 Å². The summed E-state index contributed by atoms with van der Waals surface area (Å²) in [6.07, 6.45) is 3.24. The van der Waals surface area contributed by atoms with Gasteiger partial charge in [-0.15, -0.1) is 0 Å². The lowest BCUT2D eigenvalue weighted by Crippen LogP contribution is -2.43. The van der Waals surface area contributed by atoms with Gasteiger partial charge in [-0.2, -0.15) is 0 Å². The highest BCUT2D eigenvalue weighted by Gasteiger charge is 2.31. The van der Waals surface area contributed by atoms with Gasteiger partial charge >= 0.3 is 17.7 Å². The van der Waals surface area contributed by atoms with Crippen molar-refractivity contribution in [3.63, 3.8) is 0 Å². The molecule has 7 nitrogen and oxygen atoms in total. The van der Waals surface area contributed by atoms with Gasteiger partial charge < -0.3 is 18.8 Å². The molecule has 1 aliphatic rings. The maximum atomic E-state index is 12.7. The first-order valence-corrected chi connectivity index (χ1v) is 11.4. The standard InChI is InChI=1S/C24H30ClNO6/c1-5-6-7-16-12-21(27)30-19-14-20(18(25)13-17(16)19)31-22(28)15-8-10-26(11-9-15)23(29)32-24(2,3)4/h12-15H,5-11H2,1-4H3. The van der Waals surface area contributed by atoms with Gasteiger partial charge in [0.05, 0.1) is 10.9 Å². The molecule has 0 bridgehead atoms. The summed E-state index contributed by atoms with van der Waals surface area (Å²) in [5.41, 5.74) is 0.200. The van der Waals surface area contributed by atoms with Crippen LogP contribution in [0.5, 0.6) is 5.75 Å². The van der Waals surface area contributed by atoms with Gasteiger partial charge in [-0.05, 0) is 58.1 Å². The largest absolute Gasteiger partial charge is 0.444 e. The molecule has 2 heterocycles. The van der Waals surface area contributed by atoms with Crippen molar-refractivity contribution >= 4 is 34.6 Å². The van der Waals surface area contributed by atoms with E-state index in [-0.39, 0.29) is 22.8 Å². The summed E-state index contributed by atoms with van der Waals surface area (Å²) in [5.74, 6) is -0.613. The average molecular weight is 464 g/mol. The van der Waals surface area contributed by atoms with Crippen molar-refractivity contribution < 1.29 is 23.5 Å². The quantitative estimate of drug-likeness (QED) is 0.338. The molecule has 0 radical (unpaired) electrons. The van der Waals surface area contributed by atoms with Crippen molar-refractivity contribution in [2.75, 3.05) is 13.1 Å². The Hall–Kier alpha value is -2.54. The van der Waals surface area contributed by atoms with Crippen LogP contribution in [0, 0.1) is 5.92 Å². The summed E-state index contributed by atoms with van der Waals surface area (Å²) >= 11 is 6.39. The van der Waals surface area contributed by atoms with E-state index in [0.717, 1.165) is 30.2 Å². The van der Waals surface area contributed by atoms with Gasteiger partial charge in [-0.1, -0.05) is 24.9 Å². The molecule has 0 spiro atoms. The third-order valence-corrected chi connectivity index (χ3v) is 5.67. The molecule has 0 saturated carbocycles. The summed E-state index contributed by atoms with van der Waals surface area (Å²) < 4.78 is 16.3. The molecule has 0 aliphatic carbocycles. The van der Waals surface area contributed by atoms with Crippen molar-refractivity contribution in [1.29, 1.82) is 0 Å². The summed E-state index contributed by atoms with van der Waals surface area (Å²) in [7, 11) is 0. The molecule has 1 saturated heterocycles. The molecular formula is C24H30ClNO6. The van der Waals surface area contributed by atoms with Crippen LogP contribution in [0.15, 0.2) is 27.4 Å². The topological polar surface area (TPSA) is 86.0 Å². The number of esters is 1.